The maximum atomic E-state index is 12.3. The Labute approximate surface area is 185 Å². The lowest BCUT2D eigenvalue weighted by Crippen LogP contribution is -2.40. The van der Waals surface area contributed by atoms with Gasteiger partial charge < -0.3 is 20.7 Å². The second kappa shape index (κ2) is 11.2. The van der Waals surface area contributed by atoms with Gasteiger partial charge in [-0.25, -0.2) is 9.78 Å². The Kier molecular flexibility index (Phi) is 8.04. The molecular weight excluding hydrogens is 420 g/mol. The van der Waals surface area contributed by atoms with Crippen molar-refractivity contribution in [3.63, 3.8) is 0 Å². The molecular formula is C21H23ClN6O3. The molecule has 2 heterocycles. The number of anilines is 2. The first kappa shape index (κ1) is 22.3. The molecule has 162 valence electrons. The van der Waals surface area contributed by atoms with Crippen LogP contribution in [0.1, 0.15) is 24.8 Å². The highest BCUT2D eigenvalue weighted by Gasteiger charge is 2.21. The van der Waals surface area contributed by atoms with Gasteiger partial charge >= 0.3 is 6.03 Å². The van der Waals surface area contributed by atoms with Crippen molar-refractivity contribution < 1.29 is 14.3 Å². The monoisotopic (exact) mass is 442 g/mol. The van der Waals surface area contributed by atoms with Crippen LogP contribution in [-0.2, 0) is 4.79 Å². The molecule has 1 unspecified atom stereocenters. The third kappa shape index (κ3) is 6.84. The Hall–Kier alpha value is -3.35. The van der Waals surface area contributed by atoms with Gasteiger partial charge in [-0.15, -0.1) is 0 Å². The molecule has 2 aromatic rings. The van der Waals surface area contributed by atoms with Crippen LogP contribution in [0.5, 0.6) is 5.75 Å². The van der Waals surface area contributed by atoms with Crippen LogP contribution in [0.4, 0.5) is 16.3 Å². The number of rotatable bonds is 8. The van der Waals surface area contributed by atoms with Gasteiger partial charge in [0, 0.05) is 17.8 Å². The summed E-state index contributed by atoms with van der Waals surface area (Å²) in [5.74, 6) is 0.768. The lowest BCUT2D eigenvalue weighted by atomic mass is 10.2. The van der Waals surface area contributed by atoms with Gasteiger partial charge in [-0.05, 0) is 56.1 Å². The number of urea groups is 1. The Morgan fingerprint density at radius 2 is 2.16 bits per heavy atom. The fourth-order valence-electron chi connectivity index (χ4n) is 3.03. The van der Waals surface area contributed by atoms with Crippen LogP contribution in [-0.4, -0.2) is 42.7 Å². The molecule has 0 aliphatic carbocycles. The van der Waals surface area contributed by atoms with E-state index >= 15 is 0 Å². The normalized spacial score (nSPS) is 15.0. The summed E-state index contributed by atoms with van der Waals surface area (Å²) in [5.41, 5.74) is 0.796. The Morgan fingerprint density at radius 3 is 2.87 bits per heavy atom. The fraction of sp³-hybridized carbons (Fsp3) is 0.333. The SMILES string of the molecule is N#Cc1ccc(NC(=O)Nc2cc(Cl)ccc2OCCCNC(=O)C2CCCN2)nc1. The highest BCUT2D eigenvalue weighted by molar-refractivity contribution is 6.31. The lowest BCUT2D eigenvalue weighted by Gasteiger charge is -2.14. The van der Waals surface area contributed by atoms with Gasteiger partial charge in [0.2, 0.25) is 5.91 Å². The minimum absolute atomic E-state index is 0.0134. The van der Waals surface area contributed by atoms with Crippen molar-refractivity contribution in [1.29, 1.82) is 5.26 Å². The standard InChI is InChI=1S/C21H23ClN6O3/c22-15-5-6-18(31-10-2-9-25-20(29)16-3-1-8-24-16)17(11-15)27-21(30)28-19-7-4-14(12-23)13-26-19/h4-7,11,13,16,24H,1-3,8-10H2,(H,25,29)(H2,26,27,28,30). The molecule has 0 bridgehead atoms. The zero-order chi connectivity index (χ0) is 22.1. The number of nitrogens with one attached hydrogen (secondary N) is 4. The summed E-state index contributed by atoms with van der Waals surface area (Å²) in [7, 11) is 0. The van der Waals surface area contributed by atoms with Crippen LogP contribution in [0, 0.1) is 11.3 Å². The molecule has 1 aromatic carbocycles. The maximum Gasteiger partial charge on any atom is 0.324 e. The molecule has 10 heteroatoms. The van der Waals surface area contributed by atoms with E-state index < -0.39 is 6.03 Å². The third-order valence-corrected chi connectivity index (χ3v) is 4.81. The number of halogens is 1. The van der Waals surface area contributed by atoms with E-state index in [1.54, 1.807) is 24.3 Å². The molecule has 1 fully saturated rings. The number of aromatic nitrogens is 1. The summed E-state index contributed by atoms with van der Waals surface area (Å²) in [6, 6.07) is 9.33. The number of benzene rings is 1. The topological polar surface area (TPSA) is 128 Å². The molecule has 0 radical (unpaired) electrons. The smallest absolute Gasteiger partial charge is 0.324 e. The molecule has 31 heavy (non-hydrogen) atoms. The van der Waals surface area contributed by atoms with Gasteiger partial charge in [0.15, 0.2) is 0 Å². The molecule has 1 aliphatic heterocycles. The predicted octanol–water partition coefficient (Wildman–Crippen LogP) is 2.89. The van der Waals surface area contributed by atoms with Gasteiger partial charge in [-0.3, -0.25) is 10.1 Å². The van der Waals surface area contributed by atoms with Crippen LogP contribution in [0.2, 0.25) is 5.02 Å². The molecule has 1 aromatic heterocycles. The van der Waals surface area contributed by atoms with E-state index in [4.69, 9.17) is 21.6 Å². The van der Waals surface area contributed by atoms with E-state index in [-0.39, 0.29) is 11.9 Å². The summed E-state index contributed by atoms with van der Waals surface area (Å²) >= 11 is 6.05. The van der Waals surface area contributed by atoms with Crippen LogP contribution in [0.15, 0.2) is 36.5 Å². The molecule has 3 rings (SSSR count). The van der Waals surface area contributed by atoms with Crippen molar-refractivity contribution >= 4 is 35.0 Å². The van der Waals surface area contributed by atoms with E-state index in [1.807, 2.05) is 6.07 Å². The number of carbonyl (C=O) groups excluding carboxylic acids is 2. The van der Waals surface area contributed by atoms with Crippen LogP contribution < -0.4 is 26.0 Å². The van der Waals surface area contributed by atoms with E-state index in [0.717, 1.165) is 19.4 Å². The van der Waals surface area contributed by atoms with E-state index in [1.165, 1.54) is 12.3 Å². The molecule has 1 aliphatic rings. The third-order valence-electron chi connectivity index (χ3n) is 4.58. The number of amides is 3. The van der Waals surface area contributed by atoms with Crippen molar-refractivity contribution in [1.82, 2.24) is 15.6 Å². The minimum atomic E-state index is -0.527. The molecule has 0 spiro atoms. The van der Waals surface area contributed by atoms with Gasteiger partial charge in [0.05, 0.1) is 23.9 Å². The average Bonchev–Trinajstić information content (AvgIpc) is 3.30. The Bertz CT molecular complexity index is 955. The number of carbonyl (C=O) groups is 2. The predicted molar refractivity (Wildman–Crippen MR) is 117 cm³/mol. The van der Waals surface area contributed by atoms with Gasteiger partial charge in [-0.2, -0.15) is 5.26 Å². The Morgan fingerprint density at radius 1 is 1.29 bits per heavy atom. The van der Waals surface area contributed by atoms with Crippen molar-refractivity contribution in [2.75, 3.05) is 30.3 Å². The molecule has 0 saturated carbocycles. The number of pyridine rings is 1. The fourth-order valence-corrected chi connectivity index (χ4v) is 3.20. The van der Waals surface area contributed by atoms with Crippen LogP contribution in [0.3, 0.4) is 0 Å². The summed E-state index contributed by atoms with van der Waals surface area (Å²) in [6.07, 6.45) is 3.86. The zero-order valence-electron chi connectivity index (χ0n) is 16.8. The van der Waals surface area contributed by atoms with Crippen LogP contribution >= 0.6 is 11.6 Å². The number of nitrogens with zero attached hydrogens (tertiary/aromatic N) is 2. The number of hydrogen-bond donors (Lipinski definition) is 4. The lowest BCUT2D eigenvalue weighted by molar-refractivity contribution is -0.122. The summed E-state index contributed by atoms with van der Waals surface area (Å²) < 4.78 is 5.76. The van der Waals surface area contributed by atoms with Crippen molar-refractivity contribution in [3.8, 4) is 11.8 Å². The second-order valence-corrected chi connectivity index (χ2v) is 7.34. The summed E-state index contributed by atoms with van der Waals surface area (Å²) in [5, 5.41) is 20.6. The minimum Gasteiger partial charge on any atom is -0.491 e. The van der Waals surface area contributed by atoms with E-state index in [2.05, 4.69) is 26.3 Å². The van der Waals surface area contributed by atoms with Crippen molar-refractivity contribution in [3.05, 3.63) is 47.1 Å². The van der Waals surface area contributed by atoms with Crippen molar-refractivity contribution in [2.24, 2.45) is 0 Å². The van der Waals surface area contributed by atoms with Gasteiger partial charge in [0.1, 0.15) is 17.6 Å². The highest BCUT2D eigenvalue weighted by atomic mass is 35.5. The molecule has 9 nitrogen and oxygen atoms in total. The summed E-state index contributed by atoms with van der Waals surface area (Å²) in [4.78, 5) is 28.3. The average molecular weight is 443 g/mol. The maximum absolute atomic E-state index is 12.3. The molecule has 4 N–H and O–H groups in total. The van der Waals surface area contributed by atoms with E-state index in [9.17, 15) is 9.59 Å². The van der Waals surface area contributed by atoms with E-state index in [0.29, 0.717) is 47.4 Å². The second-order valence-electron chi connectivity index (χ2n) is 6.91. The molecule has 1 atom stereocenters. The Balaban J connectivity index is 1.48. The summed E-state index contributed by atoms with van der Waals surface area (Å²) in [6.45, 7) is 1.73. The van der Waals surface area contributed by atoms with Crippen molar-refractivity contribution in [2.45, 2.75) is 25.3 Å². The number of ether oxygens (including phenoxy) is 1. The first-order chi connectivity index (χ1) is 15.0. The first-order valence-corrected chi connectivity index (χ1v) is 10.3. The first-order valence-electron chi connectivity index (χ1n) is 9.93. The molecule has 1 saturated heterocycles. The quantitative estimate of drug-likeness (QED) is 0.465. The van der Waals surface area contributed by atoms with Crippen LogP contribution in [0.25, 0.3) is 0 Å². The number of hydrogen-bond acceptors (Lipinski definition) is 6. The van der Waals surface area contributed by atoms with Gasteiger partial charge in [0.25, 0.3) is 0 Å². The number of nitriles is 1. The van der Waals surface area contributed by atoms with Gasteiger partial charge in [-0.1, -0.05) is 11.6 Å². The zero-order valence-corrected chi connectivity index (χ0v) is 17.5. The highest BCUT2D eigenvalue weighted by Crippen LogP contribution is 2.28. The largest absolute Gasteiger partial charge is 0.491 e. The molecule has 3 amide bonds.